The van der Waals surface area contributed by atoms with Gasteiger partial charge in [0.05, 0.1) is 6.54 Å². The van der Waals surface area contributed by atoms with Crippen LogP contribution in [0.2, 0.25) is 0 Å². The van der Waals surface area contributed by atoms with Gasteiger partial charge in [-0.15, -0.1) is 11.3 Å². The summed E-state index contributed by atoms with van der Waals surface area (Å²) in [5.74, 6) is 0. The van der Waals surface area contributed by atoms with Gasteiger partial charge in [-0.3, -0.25) is 4.90 Å². The summed E-state index contributed by atoms with van der Waals surface area (Å²) in [7, 11) is 1.87. The summed E-state index contributed by atoms with van der Waals surface area (Å²) in [6.45, 7) is 2.02. The topological polar surface area (TPSA) is 31.4 Å². The summed E-state index contributed by atoms with van der Waals surface area (Å²) < 4.78 is 36.8. The number of nitrogens with zero attached hydrogens (tertiary/aromatic N) is 3. The molecule has 19 heavy (non-hydrogen) atoms. The molecule has 1 aromatic rings. The number of rotatable bonds is 4. The lowest BCUT2D eigenvalue weighted by Crippen LogP contribution is -2.49. The van der Waals surface area contributed by atoms with Crippen LogP contribution in [0.25, 0.3) is 0 Å². The van der Waals surface area contributed by atoms with Gasteiger partial charge in [0.15, 0.2) is 5.13 Å². The standard InChI is InChI=1S/C11H17F3N4S/c1-15-6-9-7-16-10(19-9)18-4-2-17(3-5-18)8-11(12,13)14/h7,15H,2-6,8H2,1H3. The van der Waals surface area contributed by atoms with Crippen LogP contribution in [0.5, 0.6) is 0 Å². The number of anilines is 1. The third kappa shape index (κ3) is 4.32. The maximum Gasteiger partial charge on any atom is 0.401 e. The van der Waals surface area contributed by atoms with Crippen LogP contribution in [0.3, 0.4) is 0 Å². The van der Waals surface area contributed by atoms with Crippen LogP contribution in [0, 0.1) is 0 Å². The maximum atomic E-state index is 12.3. The van der Waals surface area contributed by atoms with Gasteiger partial charge in [0.1, 0.15) is 0 Å². The quantitative estimate of drug-likeness (QED) is 0.913. The average molecular weight is 294 g/mol. The lowest BCUT2D eigenvalue weighted by atomic mass is 10.3. The number of aromatic nitrogens is 1. The number of hydrogen-bond acceptors (Lipinski definition) is 5. The smallest absolute Gasteiger partial charge is 0.346 e. The normalized spacial score (nSPS) is 18.0. The Hall–Kier alpha value is -0.860. The minimum Gasteiger partial charge on any atom is -0.346 e. The molecule has 0 spiro atoms. The highest BCUT2D eigenvalue weighted by atomic mass is 32.1. The van der Waals surface area contributed by atoms with Crippen molar-refractivity contribution in [2.75, 3.05) is 44.7 Å². The zero-order valence-corrected chi connectivity index (χ0v) is 11.5. The lowest BCUT2D eigenvalue weighted by molar-refractivity contribution is -0.146. The van der Waals surface area contributed by atoms with Crippen LogP contribution in [0.15, 0.2) is 6.20 Å². The van der Waals surface area contributed by atoms with Crippen molar-refractivity contribution in [2.45, 2.75) is 12.7 Å². The van der Waals surface area contributed by atoms with Gasteiger partial charge in [0.25, 0.3) is 0 Å². The minimum absolute atomic E-state index is 0.431. The molecule has 2 heterocycles. The second-order valence-electron chi connectivity index (χ2n) is 4.52. The third-order valence-corrected chi connectivity index (χ3v) is 4.00. The zero-order valence-electron chi connectivity index (χ0n) is 10.7. The summed E-state index contributed by atoms with van der Waals surface area (Å²) >= 11 is 1.59. The summed E-state index contributed by atoms with van der Waals surface area (Å²) in [6, 6.07) is 0. The Kier molecular flexibility index (Phi) is 4.64. The highest BCUT2D eigenvalue weighted by Crippen LogP contribution is 2.24. The predicted octanol–water partition coefficient (Wildman–Crippen LogP) is 1.55. The van der Waals surface area contributed by atoms with Crippen molar-refractivity contribution >= 4 is 16.5 Å². The SMILES string of the molecule is CNCc1cnc(N2CCN(CC(F)(F)F)CC2)s1. The van der Waals surface area contributed by atoms with Gasteiger partial charge in [-0.2, -0.15) is 13.2 Å². The monoisotopic (exact) mass is 294 g/mol. The van der Waals surface area contributed by atoms with Crippen LogP contribution < -0.4 is 10.2 Å². The van der Waals surface area contributed by atoms with Gasteiger partial charge >= 0.3 is 6.18 Å². The van der Waals surface area contributed by atoms with E-state index in [0.29, 0.717) is 26.2 Å². The first-order chi connectivity index (χ1) is 8.98. The minimum atomic E-state index is -4.11. The molecule has 1 fully saturated rings. The molecule has 1 aromatic heterocycles. The Labute approximate surface area is 114 Å². The van der Waals surface area contributed by atoms with E-state index in [4.69, 9.17) is 0 Å². The summed E-state index contributed by atoms with van der Waals surface area (Å²) in [4.78, 5) is 8.95. The molecule has 0 unspecified atom stereocenters. The van der Waals surface area contributed by atoms with Crippen molar-refractivity contribution in [1.29, 1.82) is 0 Å². The molecule has 0 bridgehead atoms. The Morgan fingerprint density at radius 1 is 1.32 bits per heavy atom. The van der Waals surface area contributed by atoms with Gasteiger partial charge in [0, 0.05) is 43.8 Å². The van der Waals surface area contributed by atoms with Crippen molar-refractivity contribution in [2.24, 2.45) is 0 Å². The number of nitrogens with one attached hydrogen (secondary N) is 1. The number of hydrogen-bond donors (Lipinski definition) is 1. The van der Waals surface area contributed by atoms with E-state index in [9.17, 15) is 13.2 Å². The van der Waals surface area contributed by atoms with Crippen LogP contribution in [0.1, 0.15) is 4.88 Å². The lowest BCUT2D eigenvalue weighted by Gasteiger charge is -2.34. The Bertz CT molecular complexity index is 399. The maximum absolute atomic E-state index is 12.3. The van der Waals surface area contributed by atoms with Gasteiger partial charge < -0.3 is 10.2 Å². The Morgan fingerprint density at radius 2 is 2.00 bits per heavy atom. The van der Waals surface area contributed by atoms with Crippen LogP contribution in [0.4, 0.5) is 18.3 Å². The first kappa shape index (κ1) is 14.5. The van der Waals surface area contributed by atoms with Gasteiger partial charge in [-0.25, -0.2) is 4.98 Å². The zero-order chi connectivity index (χ0) is 13.9. The third-order valence-electron chi connectivity index (χ3n) is 2.94. The number of halogens is 3. The Balaban J connectivity index is 1.85. The number of thiazole rings is 1. The van der Waals surface area contributed by atoms with E-state index < -0.39 is 12.7 Å². The molecule has 1 aliphatic heterocycles. The molecular formula is C11H17F3N4S. The van der Waals surface area contributed by atoms with E-state index in [1.165, 1.54) is 4.90 Å². The molecule has 0 amide bonds. The van der Waals surface area contributed by atoms with Gasteiger partial charge in [-0.05, 0) is 7.05 Å². The molecule has 4 nitrogen and oxygen atoms in total. The molecule has 1 saturated heterocycles. The largest absolute Gasteiger partial charge is 0.401 e. The van der Waals surface area contributed by atoms with Crippen molar-refractivity contribution in [3.63, 3.8) is 0 Å². The summed E-state index contributed by atoms with van der Waals surface area (Å²) in [6.07, 6.45) is -2.29. The fraction of sp³-hybridized carbons (Fsp3) is 0.727. The predicted molar refractivity (Wildman–Crippen MR) is 69.6 cm³/mol. The highest BCUT2D eigenvalue weighted by Gasteiger charge is 2.32. The van der Waals surface area contributed by atoms with E-state index in [-0.39, 0.29) is 0 Å². The molecule has 8 heteroatoms. The molecule has 2 rings (SSSR count). The highest BCUT2D eigenvalue weighted by molar-refractivity contribution is 7.15. The molecule has 0 atom stereocenters. The van der Waals surface area contributed by atoms with E-state index in [1.54, 1.807) is 11.3 Å². The van der Waals surface area contributed by atoms with Gasteiger partial charge in [-0.1, -0.05) is 0 Å². The molecule has 0 saturated carbocycles. The second-order valence-corrected chi connectivity index (χ2v) is 5.61. The van der Waals surface area contributed by atoms with E-state index >= 15 is 0 Å². The van der Waals surface area contributed by atoms with Gasteiger partial charge in [0.2, 0.25) is 0 Å². The number of alkyl halides is 3. The molecule has 1 N–H and O–H groups in total. The molecule has 0 aliphatic carbocycles. The van der Waals surface area contributed by atoms with Crippen LogP contribution in [-0.4, -0.2) is 55.8 Å². The van der Waals surface area contributed by atoms with Crippen molar-refractivity contribution in [3.05, 3.63) is 11.1 Å². The first-order valence-electron chi connectivity index (χ1n) is 6.11. The molecule has 0 aromatic carbocycles. The van der Waals surface area contributed by atoms with Crippen molar-refractivity contribution in [1.82, 2.24) is 15.2 Å². The van der Waals surface area contributed by atoms with E-state index in [1.807, 2.05) is 13.2 Å². The fourth-order valence-electron chi connectivity index (χ4n) is 2.05. The van der Waals surface area contributed by atoms with Crippen molar-refractivity contribution < 1.29 is 13.2 Å². The second kappa shape index (κ2) is 6.06. The summed E-state index contributed by atoms with van der Waals surface area (Å²) in [5.41, 5.74) is 0. The van der Waals surface area contributed by atoms with Crippen molar-refractivity contribution in [3.8, 4) is 0 Å². The number of piperazine rings is 1. The van der Waals surface area contributed by atoms with Crippen LogP contribution >= 0.6 is 11.3 Å². The first-order valence-corrected chi connectivity index (χ1v) is 6.93. The molecule has 0 radical (unpaired) electrons. The average Bonchev–Trinajstić information content (AvgIpc) is 2.77. The Morgan fingerprint density at radius 3 is 2.58 bits per heavy atom. The molecular weight excluding hydrogens is 277 g/mol. The molecule has 108 valence electrons. The van der Waals surface area contributed by atoms with Crippen LogP contribution in [-0.2, 0) is 6.54 Å². The van der Waals surface area contributed by atoms with E-state index in [2.05, 4.69) is 15.2 Å². The fourth-order valence-corrected chi connectivity index (χ4v) is 3.02. The molecule has 1 aliphatic rings. The summed E-state index contributed by atoms with van der Waals surface area (Å²) in [5, 5.41) is 3.95. The van der Waals surface area contributed by atoms with E-state index in [0.717, 1.165) is 16.6 Å².